The lowest BCUT2D eigenvalue weighted by Crippen LogP contribution is -2.42. The van der Waals surface area contributed by atoms with E-state index in [0.717, 1.165) is 5.56 Å². The van der Waals surface area contributed by atoms with Gasteiger partial charge in [0.2, 0.25) is 5.91 Å². The summed E-state index contributed by atoms with van der Waals surface area (Å²) in [5.74, 6) is 0.304. The molecule has 2 atom stereocenters. The van der Waals surface area contributed by atoms with Gasteiger partial charge in [-0.1, -0.05) is 13.0 Å². The summed E-state index contributed by atoms with van der Waals surface area (Å²) in [6.07, 6.45) is -0.529. The van der Waals surface area contributed by atoms with Gasteiger partial charge in [0.1, 0.15) is 16.5 Å². The number of hydrogen-bond acceptors (Lipinski definition) is 3. The SMILES string of the molecule is Cc1ccc(Br)nc1NC(=O)[C@@H]1C[C@H](C)CN1C(=O)O. The maximum Gasteiger partial charge on any atom is 0.407 e. The summed E-state index contributed by atoms with van der Waals surface area (Å²) < 4.78 is 0.619. The summed E-state index contributed by atoms with van der Waals surface area (Å²) in [4.78, 5) is 28.8. The van der Waals surface area contributed by atoms with Crippen LogP contribution in [0.1, 0.15) is 18.9 Å². The molecule has 1 fully saturated rings. The molecule has 20 heavy (non-hydrogen) atoms. The summed E-state index contributed by atoms with van der Waals surface area (Å²) in [6, 6.07) is 2.97. The number of anilines is 1. The average molecular weight is 342 g/mol. The van der Waals surface area contributed by atoms with Crippen LogP contribution in [0.3, 0.4) is 0 Å². The lowest BCUT2D eigenvalue weighted by atomic mass is 10.1. The van der Waals surface area contributed by atoms with Crippen molar-refractivity contribution in [3.63, 3.8) is 0 Å². The van der Waals surface area contributed by atoms with Gasteiger partial charge in [0.15, 0.2) is 0 Å². The third-order valence-corrected chi connectivity index (χ3v) is 3.80. The molecule has 1 saturated heterocycles. The lowest BCUT2D eigenvalue weighted by molar-refractivity contribution is -0.119. The second kappa shape index (κ2) is 5.78. The first-order chi connectivity index (χ1) is 9.38. The van der Waals surface area contributed by atoms with E-state index in [1.807, 2.05) is 19.9 Å². The highest BCUT2D eigenvalue weighted by Gasteiger charge is 2.38. The van der Waals surface area contributed by atoms with Gasteiger partial charge in [0.25, 0.3) is 0 Å². The highest BCUT2D eigenvalue weighted by atomic mass is 79.9. The van der Waals surface area contributed by atoms with Gasteiger partial charge in [-0.15, -0.1) is 0 Å². The molecule has 108 valence electrons. The molecule has 1 aromatic rings. The molecule has 7 heteroatoms. The first-order valence-corrected chi connectivity index (χ1v) is 7.11. The van der Waals surface area contributed by atoms with Crippen molar-refractivity contribution < 1.29 is 14.7 Å². The molecule has 1 aliphatic heterocycles. The van der Waals surface area contributed by atoms with E-state index in [-0.39, 0.29) is 11.8 Å². The Kier molecular flexibility index (Phi) is 4.27. The normalized spacial score (nSPS) is 21.9. The molecule has 2 N–H and O–H groups in total. The smallest absolute Gasteiger partial charge is 0.407 e. The quantitative estimate of drug-likeness (QED) is 0.809. The Balaban J connectivity index is 2.15. The number of pyridine rings is 1. The fourth-order valence-electron chi connectivity index (χ4n) is 2.34. The first-order valence-electron chi connectivity index (χ1n) is 6.32. The minimum absolute atomic E-state index is 0.179. The molecular weight excluding hydrogens is 326 g/mol. The molecule has 6 nitrogen and oxygen atoms in total. The molecule has 0 spiro atoms. The number of carbonyl (C=O) groups excluding carboxylic acids is 1. The van der Waals surface area contributed by atoms with Gasteiger partial charge in [0.05, 0.1) is 0 Å². The molecule has 0 radical (unpaired) electrons. The van der Waals surface area contributed by atoms with Crippen LogP contribution in [0.2, 0.25) is 0 Å². The largest absolute Gasteiger partial charge is 0.465 e. The fourth-order valence-corrected chi connectivity index (χ4v) is 2.65. The average Bonchev–Trinajstić information content (AvgIpc) is 2.76. The molecule has 0 aliphatic carbocycles. The molecule has 0 bridgehead atoms. The van der Waals surface area contributed by atoms with E-state index >= 15 is 0 Å². The zero-order valence-electron chi connectivity index (χ0n) is 11.3. The summed E-state index contributed by atoms with van der Waals surface area (Å²) in [5.41, 5.74) is 0.828. The summed E-state index contributed by atoms with van der Waals surface area (Å²) in [7, 11) is 0. The molecule has 0 aromatic carbocycles. The molecular formula is C13H16BrN3O3. The molecule has 1 aromatic heterocycles. The van der Waals surface area contributed by atoms with Gasteiger partial charge < -0.3 is 10.4 Å². The Morgan fingerprint density at radius 1 is 1.50 bits per heavy atom. The predicted octanol–water partition coefficient (Wildman–Crippen LogP) is 2.48. The molecule has 2 heterocycles. The van der Waals surface area contributed by atoms with E-state index in [2.05, 4.69) is 26.2 Å². The number of aryl methyl sites for hydroxylation is 1. The summed E-state index contributed by atoms with van der Waals surface area (Å²) in [6.45, 7) is 4.16. The minimum Gasteiger partial charge on any atom is -0.465 e. The van der Waals surface area contributed by atoms with Crippen LogP contribution in [0.5, 0.6) is 0 Å². The van der Waals surface area contributed by atoms with Crippen LogP contribution in [0.15, 0.2) is 16.7 Å². The Morgan fingerprint density at radius 3 is 2.85 bits per heavy atom. The Morgan fingerprint density at radius 2 is 2.20 bits per heavy atom. The van der Waals surface area contributed by atoms with Gasteiger partial charge in [-0.3, -0.25) is 9.69 Å². The maximum atomic E-state index is 12.3. The minimum atomic E-state index is -1.06. The van der Waals surface area contributed by atoms with Crippen LogP contribution in [0.25, 0.3) is 0 Å². The van der Waals surface area contributed by atoms with Gasteiger partial charge >= 0.3 is 6.09 Å². The number of carboxylic acid groups (broad SMARTS) is 1. The van der Waals surface area contributed by atoms with Crippen LogP contribution < -0.4 is 5.32 Å². The second-order valence-corrected chi connectivity index (χ2v) is 5.89. The third kappa shape index (κ3) is 3.09. The number of likely N-dealkylation sites (tertiary alicyclic amines) is 1. The standard InChI is InChI=1S/C13H16BrN3O3/c1-7-5-9(17(6-7)13(19)20)12(18)16-11-8(2)3-4-10(14)15-11/h3-4,7,9H,5-6H2,1-2H3,(H,19,20)(H,15,16,18)/t7-,9-/m0/s1. The number of halogens is 1. The van der Waals surface area contributed by atoms with Crippen molar-refractivity contribution >= 4 is 33.7 Å². The predicted molar refractivity (Wildman–Crippen MR) is 77.6 cm³/mol. The Bertz CT molecular complexity index is 550. The molecule has 1 aliphatic rings. The number of nitrogens with one attached hydrogen (secondary N) is 1. The van der Waals surface area contributed by atoms with Crippen molar-refractivity contribution in [2.75, 3.05) is 11.9 Å². The van der Waals surface area contributed by atoms with Crippen molar-refractivity contribution in [2.45, 2.75) is 26.3 Å². The zero-order valence-corrected chi connectivity index (χ0v) is 12.8. The lowest BCUT2D eigenvalue weighted by Gasteiger charge is -2.20. The monoisotopic (exact) mass is 341 g/mol. The van der Waals surface area contributed by atoms with Gasteiger partial charge in [0, 0.05) is 6.54 Å². The summed E-state index contributed by atoms with van der Waals surface area (Å²) >= 11 is 3.25. The van der Waals surface area contributed by atoms with E-state index in [4.69, 9.17) is 5.11 Å². The topological polar surface area (TPSA) is 82.5 Å². The molecule has 2 amide bonds. The van der Waals surface area contributed by atoms with Crippen molar-refractivity contribution in [2.24, 2.45) is 5.92 Å². The number of rotatable bonds is 2. The second-order valence-electron chi connectivity index (χ2n) is 5.08. The van der Waals surface area contributed by atoms with Crippen molar-refractivity contribution in [3.05, 3.63) is 22.3 Å². The van der Waals surface area contributed by atoms with Gasteiger partial charge in [-0.05, 0) is 46.8 Å². The van der Waals surface area contributed by atoms with E-state index in [9.17, 15) is 9.59 Å². The Labute approximate surface area is 125 Å². The number of hydrogen-bond donors (Lipinski definition) is 2. The van der Waals surface area contributed by atoms with Crippen LogP contribution in [-0.2, 0) is 4.79 Å². The number of amides is 2. The first kappa shape index (κ1) is 14.8. The number of aromatic nitrogens is 1. The van der Waals surface area contributed by atoms with Crippen LogP contribution in [-0.4, -0.2) is 39.6 Å². The fraction of sp³-hybridized carbons (Fsp3) is 0.462. The number of carbonyl (C=O) groups is 2. The van der Waals surface area contributed by atoms with Crippen molar-refractivity contribution in [1.82, 2.24) is 9.88 Å². The van der Waals surface area contributed by atoms with Gasteiger partial charge in [-0.25, -0.2) is 9.78 Å². The van der Waals surface area contributed by atoms with Crippen LogP contribution in [0, 0.1) is 12.8 Å². The molecule has 2 rings (SSSR count). The zero-order chi connectivity index (χ0) is 14.9. The van der Waals surface area contributed by atoms with E-state index in [1.54, 1.807) is 6.07 Å². The number of nitrogens with zero attached hydrogens (tertiary/aromatic N) is 2. The maximum absolute atomic E-state index is 12.3. The van der Waals surface area contributed by atoms with Crippen molar-refractivity contribution in [3.8, 4) is 0 Å². The van der Waals surface area contributed by atoms with Crippen LogP contribution in [0.4, 0.5) is 10.6 Å². The van der Waals surface area contributed by atoms with E-state index in [0.29, 0.717) is 23.4 Å². The van der Waals surface area contributed by atoms with Crippen LogP contribution >= 0.6 is 15.9 Å². The van der Waals surface area contributed by atoms with E-state index < -0.39 is 12.1 Å². The van der Waals surface area contributed by atoms with Crippen molar-refractivity contribution in [1.29, 1.82) is 0 Å². The Hall–Kier alpha value is -1.63. The highest BCUT2D eigenvalue weighted by molar-refractivity contribution is 9.10. The highest BCUT2D eigenvalue weighted by Crippen LogP contribution is 2.24. The molecule has 0 unspecified atom stereocenters. The van der Waals surface area contributed by atoms with Gasteiger partial charge in [-0.2, -0.15) is 0 Å². The van der Waals surface area contributed by atoms with E-state index in [1.165, 1.54) is 4.90 Å². The summed E-state index contributed by atoms with van der Waals surface area (Å²) in [5, 5.41) is 11.9. The third-order valence-electron chi connectivity index (χ3n) is 3.36. The molecule has 0 saturated carbocycles.